The molecule has 1 aliphatic rings. The van der Waals surface area contributed by atoms with Crippen molar-refractivity contribution in [1.82, 2.24) is 5.32 Å². The maximum absolute atomic E-state index is 5.60. The Bertz CT molecular complexity index is 356. The van der Waals surface area contributed by atoms with Crippen molar-refractivity contribution in [3.05, 3.63) is 34.2 Å². The summed E-state index contributed by atoms with van der Waals surface area (Å²) >= 11 is 3.34. The number of allylic oxidation sites excluding steroid dienone is 1. The third-order valence-corrected chi connectivity index (χ3v) is 3.29. The van der Waals surface area contributed by atoms with Crippen LogP contribution in [0.25, 0.3) is 0 Å². The van der Waals surface area contributed by atoms with Crippen LogP contribution in [-0.2, 0) is 0 Å². The molecule has 0 aliphatic heterocycles. The highest BCUT2D eigenvalue weighted by atomic mass is 79.9. The highest BCUT2D eigenvalue weighted by Gasteiger charge is 2.19. The Morgan fingerprint density at radius 2 is 2.27 bits per heavy atom. The number of furan rings is 1. The van der Waals surface area contributed by atoms with Crippen LogP contribution < -0.4 is 5.32 Å². The number of hydrogen-bond acceptors (Lipinski definition) is 2. The Morgan fingerprint density at radius 1 is 1.40 bits per heavy atom. The van der Waals surface area contributed by atoms with Crippen LogP contribution in [0.5, 0.6) is 0 Å². The van der Waals surface area contributed by atoms with E-state index in [2.05, 4.69) is 27.3 Å². The summed E-state index contributed by atoms with van der Waals surface area (Å²) in [6.07, 6.45) is 7.36. The molecule has 1 aromatic heterocycles. The zero-order valence-corrected chi connectivity index (χ0v) is 10.5. The van der Waals surface area contributed by atoms with Crippen LogP contribution >= 0.6 is 15.9 Å². The van der Waals surface area contributed by atoms with E-state index >= 15 is 0 Å². The van der Waals surface area contributed by atoms with Gasteiger partial charge in [-0.2, -0.15) is 0 Å². The van der Waals surface area contributed by atoms with Gasteiger partial charge in [-0.15, -0.1) is 0 Å². The average molecular weight is 270 g/mol. The lowest BCUT2D eigenvalue weighted by Crippen LogP contribution is -2.19. The lowest BCUT2D eigenvalue weighted by Gasteiger charge is -2.20. The molecule has 1 atom stereocenters. The van der Waals surface area contributed by atoms with E-state index in [9.17, 15) is 0 Å². The van der Waals surface area contributed by atoms with E-state index in [1.165, 1.54) is 31.3 Å². The molecule has 0 bridgehead atoms. The summed E-state index contributed by atoms with van der Waals surface area (Å²) in [5.74, 6) is 0.998. The third kappa shape index (κ3) is 2.52. The van der Waals surface area contributed by atoms with Crippen molar-refractivity contribution in [2.45, 2.75) is 31.7 Å². The van der Waals surface area contributed by atoms with E-state index in [1.54, 1.807) is 0 Å². The fourth-order valence-electron chi connectivity index (χ4n) is 2.12. The van der Waals surface area contributed by atoms with Gasteiger partial charge >= 0.3 is 0 Å². The molecule has 0 saturated carbocycles. The van der Waals surface area contributed by atoms with Gasteiger partial charge in [-0.3, -0.25) is 0 Å². The second-order valence-electron chi connectivity index (χ2n) is 3.89. The minimum atomic E-state index is 0.247. The molecule has 15 heavy (non-hydrogen) atoms. The highest BCUT2D eigenvalue weighted by molar-refractivity contribution is 9.10. The molecule has 3 heteroatoms. The minimum Gasteiger partial charge on any atom is -0.452 e. The smallest absolute Gasteiger partial charge is 0.169 e. The monoisotopic (exact) mass is 269 g/mol. The molecule has 2 rings (SSSR count). The Hall–Kier alpha value is -0.540. The molecule has 0 radical (unpaired) electrons. The van der Waals surface area contributed by atoms with Crippen molar-refractivity contribution in [1.29, 1.82) is 0 Å². The first-order valence-corrected chi connectivity index (χ1v) is 6.22. The van der Waals surface area contributed by atoms with Gasteiger partial charge in [0.2, 0.25) is 0 Å². The number of halogens is 1. The van der Waals surface area contributed by atoms with E-state index in [1.807, 2.05) is 19.2 Å². The van der Waals surface area contributed by atoms with Crippen LogP contribution in [0.3, 0.4) is 0 Å². The third-order valence-electron chi connectivity index (χ3n) is 2.86. The first-order valence-electron chi connectivity index (χ1n) is 5.42. The lowest BCUT2D eigenvalue weighted by atomic mass is 9.93. The molecule has 1 aromatic rings. The molecule has 1 heterocycles. The predicted molar refractivity (Wildman–Crippen MR) is 64.8 cm³/mol. The molecule has 2 nitrogen and oxygen atoms in total. The van der Waals surface area contributed by atoms with Crippen molar-refractivity contribution < 1.29 is 4.42 Å². The van der Waals surface area contributed by atoms with Gasteiger partial charge in [0.25, 0.3) is 0 Å². The zero-order valence-electron chi connectivity index (χ0n) is 8.92. The number of likely N-dealkylation sites (N-methyl/N-ethyl adjacent to an activating group) is 1. The van der Waals surface area contributed by atoms with Crippen LogP contribution in [0.15, 0.2) is 32.9 Å². The van der Waals surface area contributed by atoms with Gasteiger partial charge in [0.05, 0.1) is 6.04 Å². The van der Waals surface area contributed by atoms with E-state index in [-0.39, 0.29) is 6.04 Å². The molecule has 0 fully saturated rings. The maximum Gasteiger partial charge on any atom is 0.169 e. The molecular weight excluding hydrogens is 254 g/mol. The first-order chi connectivity index (χ1) is 7.31. The van der Waals surface area contributed by atoms with Crippen molar-refractivity contribution >= 4 is 15.9 Å². The van der Waals surface area contributed by atoms with Crippen molar-refractivity contribution in [2.75, 3.05) is 7.05 Å². The van der Waals surface area contributed by atoms with Gasteiger partial charge in [-0.1, -0.05) is 6.08 Å². The number of hydrogen-bond donors (Lipinski definition) is 1. The normalized spacial score (nSPS) is 18.7. The number of nitrogens with one attached hydrogen (secondary N) is 1. The summed E-state index contributed by atoms with van der Waals surface area (Å²) in [6.45, 7) is 0. The molecule has 1 N–H and O–H groups in total. The summed E-state index contributed by atoms with van der Waals surface area (Å²) in [6, 6.07) is 4.22. The Kier molecular flexibility index (Phi) is 3.65. The van der Waals surface area contributed by atoms with Gasteiger partial charge < -0.3 is 9.73 Å². The second kappa shape index (κ2) is 4.99. The van der Waals surface area contributed by atoms with Gasteiger partial charge in [-0.25, -0.2) is 0 Å². The number of rotatable bonds is 3. The summed E-state index contributed by atoms with van der Waals surface area (Å²) < 4.78 is 6.40. The summed E-state index contributed by atoms with van der Waals surface area (Å²) in [5, 5.41) is 3.32. The van der Waals surface area contributed by atoms with Crippen LogP contribution in [0.2, 0.25) is 0 Å². The van der Waals surface area contributed by atoms with Crippen molar-refractivity contribution in [2.24, 2.45) is 0 Å². The van der Waals surface area contributed by atoms with Crippen LogP contribution in [0.1, 0.15) is 37.5 Å². The SMILES string of the molecule is CNC(C1=CCCCC1)c1ccc(Br)o1. The topological polar surface area (TPSA) is 25.2 Å². The van der Waals surface area contributed by atoms with Gasteiger partial charge in [0.1, 0.15) is 5.76 Å². The Labute approximate surface area is 98.9 Å². The zero-order chi connectivity index (χ0) is 10.7. The van der Waals surface area contributed by atoms with Crippen molar-refractivity contribution in [3.63, 3.8) is 0 Å². The van der Waals surface area contributed by atoms with Gasteiger partial charge in [-0.05, 0) is 66.4 Å². The molecule has 1 aliphatic carbocycles. The summed E-state index contributed by atoms with van der Waals surface area (Å²) in [7, 11) is 1.98. The quantitative estimate of drug-likeness (QED) is 0.845. The van der Waals surface area contributed by atoms with E-state index in [0.717, 1.165) is 10.4 Å². The molecular formula is C12H16BrNO. The standard InChI is InChI=1S/C12H16BrNO/c1-14-12(9-5-3-2-4-6-9)10-7-8-11(13)15-10/h5,7-8,12,14H,2-4,6H2,1H3. The van der Waals surface area contributed by atoms with Crippen LogP contribution in [0.4, 0.5) is 0 Å². The molecule has 0 saturated heterocycles. The largest absolute Gasteiger partial charge is 0.452 e. The van der Waals surface area contributed by atoms with Crippen LogP contribution in [0, 0.1) is 0 Å². The fourth-order valence-corrected chi connectivity index (χ4v) is 2.44. The summed E-state index contributed by atoms with van der Waals surface area (Å²) in [5.41, 5.74) is 1.46. The molecule has 0 aromatic carbocycles. The molecule has 1 unspecified atom stereocenters. The highest BCUT2D eigenvalue weighted by Crippen LogP contribution is 2.31. The second-order valence-corrected chi connectivity index (χ2v) is 4.67. The van der Waals surface area contributed by atoms with Gasteiger partial charge in [0.15, 0.2) is 4.67 Å². The Morgan fingerprint density at radius 3 is 2.80 bits per heavy atom. The Balaban J connectivity index is 2.19. The van der Waals surface area contributed by atoms with Crippen LogP contribution in [-0.4, -0.2) is 7.05 Å². The van der Waals surface area contributed by atoms with Crippen molar-refractivity contribution in [3.8, 4) is 0 Å². The predicted octanol–water partition coefficient (Wildman–Crippen LogP) is 3.80. The minimum absolute atomic E-state index is 0.247. The molecule has 0 amide bonds. The maximum atomic E-state index is 5.60. The first kappa shape index (κ1) is 11.0. The lowest BCUT2D eigenvalue weighted by molar-refractivity contribution is 0.433. The van der Waals surface area contributed by atoms with Gasteiger partial charge in [0, 0.05) is 0 Å². The fraction of sp³-hybridized carbons (Fsp3) is 0.500. The van der Waals surface area contributed by atoms with E-state index in [4.69, 9.17) is 4.42 Å². The summed E-state index contributed by atoms with van der Waals surface area (Å²) in [4.78, 5) is 0. The van der Waals surface area contributed by atoms with E-state index in [0.29, 0.717) is 0 Å². The van der Waals surface area contributed by atoms with E-state index < -0.39 is 0 Å². The molecule has 82 valence electrons. The molecule has 0 spiro atoms. The average Bonchev–Trinajstić information content (AvgIpc) is 2.68.